The third-order valence-corrected chi connectivity index (χ3v) is 4.49. The molecule has 0 fully saturated rings. The smallest absolute Gasteiger partial charge is 0.368 e. The zero-order chi connectivity index (χ0) is 18.7. The monoisotopic (exact) mass is 407 g/mol. The van der Waals surface area contributed by atoms with E-state index >= 15 is 0 Å². The molecule has 0 aliphatic carbocycles. The Morgan fingerprint density at radius 1 is 1.04 bits per heavy atom. The number of methoxy groups -OCH3 is 1. The second-order valence-corrected chi connectivity index (χ2v) is 6.51. The van der Waals surface area contributed by atoms with Crippen LogP contribution in [0.25, 0.3) is 10.8 Å². The molecule has 0 saturated heterocycles. The molecule has 0 amide bonds. The topological polar surface area (TPSA) is 47.9 Å². The molecule has 26 heavy (non-hydrogen) atoms. The average Bonchev–Trinajstić information content (AvgIpc) is 2.61. The van der Waals surface area contributed by atoms with Crippen molar-refractivity contribution in [2.24, 2.45) is 5.16 Å². The molecule has 0 unspecified atom stereocenters. The number of rotatable bonds is 4. The van der Waals surface area contributed by atoms with Crippen LogP contribution in [0.4, 0.5) is 0 Å². The lowest BCUT2D eigenvalue weighted by Gasteiger charge is -2.08. The number of carbonyl (C=O) groups excluding carboxylic acids is 1. The van der Waals surface area contributed by atoms with Crippen LogP contribution in [-0.4, -0.2) is 19.3 Å². The minimum atomic E-state index is -0.785. The quantitative estimate of drug-likeness (QED) is 0.302. The fraction of sp³-hybridized carbons (Fsp3) is 0.0526. The standard InChI is InChI=1S/C19H12Cl3NO3/c1-25-17-7-6-11-4-2-3-5-13(11)14(17)10-23-26-19(24)18-15(21)8-12(20)9-16(18)22/h2-10H,1H3. The second-order valence-electron chi connectivity index (χ2n) is 5.26. The van der Waals surface area contributed by atoms with Gasteiger partial charge in [0, 0.05) is 10.6 Å². The van der Waals surface area contributed by atoms with Crippen LogP contribution >= 0.6 is 34.8 Å². The third-order valence-electron chi connectivity index (χ3n) is 3.68. The zero-order valence-electron chi connectivity index (χ0n) is 13.5. The van der Waals surface area contributed by atoms with E-state index in [4.69, 9.17) is 44.4 Å². The van der Waals surface area contributed by atoms with Gasteiger partial charge in [0.25, 0.3) is 0 Å². The molecule has 0 aliphatic rings. The lowest BCUT2D eigenvalue weighted by molar-refractivity contribution is 0.0519. The van der Waals surface area contributed by atoms with Gasteiger partial charge in [-0.15, -0.1) is 0 Å². The molecule has 0 atom stereocenters. The summed E-state index contributed by atoms with van der Waals surface area (Å²) < 4.78 is 5.36. The van der Waals surface area contributed by atoms with E-state index in [0.717, 1.165) is 10.8 Å². The Bertz CT molecular complexity index is 995. The highest BCUT2D eigenvalue weighted by atomic mass is 35.5. The first-order valence-corrected chi connectivity index (χ1v) is 8.59. The van der Waals surface area contributed by atoms with Crippen molar-refractivity contribution < 1.29 is 14.4 Å². The summed E-state index contributed by atoms with van der Waals surface area (Å²) in [6, 6.07) is 14.3. The maximum Gasteiger partial charge on any atom is 0.368 e. The number of carbonyl (C=O) groups is 1. The van der Waals surface area contributed by atoms with Crippen molar-refractivity contribution in [3.05, 3.63) is 74.7 Å². The Morgan fingerprint density at radius 2 is 1.73 bits per heavy atom. The molecule has 4 nitrogen and oxygen atoms in total. The lowest BCUT2D eigenvalue weighted by atomic mass is 10.0. The van der Waals surface area contributed by atoms with Crippen LogP contribution in [0.3, 0.4) is 0 Å². The van der Waals surface area contributed by atoms with Crippen LogP contribution in [0, 0.1) is 0 Å². The Labute approximate surface area is 164 Å². The molecule has 7 heteroatoms. The lowest BCUT2D eigenvalue weighted by Crippen LogP contribution is -2.03. The summed E-state index contributed by atoms with van der Waals surface area (Å²) in [6.45, 7) is 0. The molecule has 132 valence electrons. The van der Waals surface area contributed by atoms with Gasteiger partial charge in [0.2, 0.25) is 0 Å². The second kappa shape index (κ2) is 7.96. The van der Waals surface area contributed by atoms with E-state index in [1.807, 2.05) is 36.4 Å². The molecule has 3 aromatic rings. The summed E-state index contributed by atoms with van der Waals surface area (Å²) in [5.41, 5.74) is 0.687. The highest BCUT2D eigenvalue weighted by Gasteiger charge is 2.18. The fourth-order valence-corrected chi connectivity index (χ4v) is 3.47. The predicted octanol–water partition coefficient (Wildman–Crippen LogP) is 6.00. The summed E-state index contributed by atoms with van der Waals surface area (Å²) in [5.74, 6) is -0.182. The Morgan fingerprint density at radius 3 is 2.42 bits per heavy atom. The molecule has 0 aromatic heterocycles. The molecule has 0 spiro atoms. The van der Waals surface area contributed by atoms with E-state index in [1.54, 1.807) is 7.11 Å². The normalized spacial score (nSPS) is 11.1. The molecule has 3 rings (SSSR count). The zero-order valence-corrected chi connectivity index (χ0v) is 15.8. The van der Waals surface area contributed by atoms with E-state index in [0.29, 0.717) is 16.3 Å². The summed E-state index contributed by atoms with van der Waals surface area (Å²) in [4.78, 5) is 17.2. The molecule has 0 bridgehead atoms. The van der Waals surface area contributed by atoms with Crippen molar-refractivity contribution in [1.82, 2.24) is 0 Å². The van der Waals surface area contributed by atoms with Gasteiger partial charge in [-0.3, -0.25) is 0 Å². The summed E-state index contributed by atoms with van der Waals surface area (Å²) in [5, 5.41) is 6.19. The van der Waals surface area contributed by atoms with Gasteiger partial charge in [0.1, 0.15) is 5.75 Å². The highest BCUT2D eigenvalue weighted by Crippen LogP contribution is 2.30. The van der Waals surface area contributed by atoms with Gasteiger partial charge in [-0.05, 0) is 29.0 Å². The molecule has 0 saturated carbocycles. The van der Waals surface area contributed by atoms with Gasteiger partial charge >= 0.3 is 5.97 Å². The van der Waals surface area contributed by atoms with Gasteiger partial charge in [-0.25, -0.2) is 4.79 Å². The molecular weight excluding hydrogens is 397 g/mol. The van der Waals surface area contributed by atoms with E-state index < -0.39 is 5.97 Å². The summed E-state index contributed by atoms with van der Waals surface area (Å²) in [6.07, 6.45) is 1.41. The number of nitrogens with zero attached hydrogens (tertiary/aromatic N) is 1. The summed E-state index contributed by atoms with van der Waals surface area (Å²) >= 11 is 17.9. The van der Waals surface area contributed by atoms with Gasteiger partial charge in [0.05, 0.1) is 28.9 Å². The van der Waals surface area contributed by atoms with Crippen molar-refractivity contribution >= 4 is 57.8 Å². The SMILES string of the molecule is COc1ccc2ccccc2c1C=NOC(=O)c1c(Cl)cc(Cl)cc1Cl. The first kappa shape index (κ1) is 18.5. The largest absolute Gasteiger partial charge is 0.496 e. The molecule has 0 heterocycles. The fourth-order valence-electron chi connectivity index (χ4n) is 2.50. The number of oxime groups is 1. The number of fused-ring (bicyclic) bond motifs is 1. The first-order valence-electron chi connectivity index (χ1n) is 7.46. The Kier molecular flexibility index (Phi) is 5.67. The molecule has 3 aromatic carbocycles. The first-order chi connectivity index (χ1) is 12.5. The number of hydrogen-bond donors (Lipinski definition) is 0. The van der Waals surface area contributed by atoms with E-state index in [1.165, 1.54) is 18.3 Å². The maximum atomic E-state index is 12.2. The van der Waals surface area contributed by atoms with Crippen molar-refractivity contribution in [3.8, 4) is 5.75 Å². The minimum Gasteiger partial charge on any atom is -0.496 e. The average molecular weight is 409 g/mol. The molecule has 0 aliphatic heterocycles. The van der Waals surface area contributed by atoms with Gasteiger partial charge < -0.3 is 9.57 Å². The van der Waals surface area contributed by atoms with Crippen molar-refractivity contribution in [3.63, 3.8) is 0 Å². The number of halogens is 3. The van der Waals surface area contributed by atoms with Gasteiger partial charge in [-0.1, -0.05) is 70.3 Å². The van der Waals surface area contributed by atoms with Crippen LogP contribution in [-0.2, 0) is 4.84 Å². The van der Waals surface area contributed by atoms with Crippen LogP contribution in [0.5, 0.6) is 5.75 Å². The third kappa shape index (κ3) is 3.78. The van der Waals surface area contributed by atoms with Gasteiger partial charge in [0.15, 0.2) is 0 Å². The molecule has 0 radical (unpaired) electrons. The Balaban J connectivity index is 1.90. The van der Waals surface area contributed by atoms with E-state index in [-0.39, 0.29) is 15.6 Å². The number of benzene rings is 3. The molecule has 0 N–H and O–H groups in total. The predicted molar refractivity (Wildman–Crippen MR) is 105 cm³/mol. The van der Waals surface area contributed by atoms with E-state index in [2.05, 4.69) is 5.16 Å². The van der Waals surface area contributed by atoms with Crippen LogP contribution < -0.4 is 4.74 Å². The van der Waals surface area contributed by atoms with Crippen molar-refractivity contribution in [2.75, 3.05) is 7.11 Å². The van der Waals surface area contributed by atoms with Gasteiger partial charge in [-0.2, -0.15) is 0 Å². The highest BCUT2D eigenvalue weighted by molar-refractivity contribution is 6.41. The number of hydrogen-bond acceptors (Lipinski definition) is 4. The van der Waals surface area contributed by atoms with E-state index in [9.17, 15) is 4.79 Å². The minimum absolute atomic E-state index is 0.000215. The van der Waals surface area contributed by atoms with Crippen LogP contribution in [0.15, 0.2) is 53.7 Å². The van der Waals surface area contributed by atoms with Crippen molar-refractivity contribution in [2.45, 2.75) is 0 Å². The Hall–Kier alpha value is -2.27. The van der Waals surface area contributed by atoms with Crippen LogP contribution in [0.2, 0.25) is 15.1 Å². The number of ether oxygens (including phenoxy) is 1. The van der Waals surface area contributed by atoms with Crippen LogP contribution in [0.1, 0.15) is 15.9 Å². The van der Waals surface area contributed by atoms with Crippen molar-refractivity contribution in [1.29, 1.82) is 0 Å². The molecular formula is C19H12Cl3NO3. The summed E-state index contributed by atoms with van der Waals surface area (Å²) in [7, 11) is 1.56. The maximum absolute atomic E-state index is 12.2.